The summed E-state index contributed by atoms with van der Waals surface area (Å²) < 4.78 is 13.1. The number of hydrogen-bond donors (Lipinski definition) is 1. The van der Waals surface area contributed by atoms with Crippen molar-refractivity contribution in [3.8, 4) is 0 Å². The molecule has 1 amide bonds. The van der Waals surface area contributed by atoms with E-state index >= 15 is 0 Å². The zero-order valence-electron chi connectivity index (χ0n) is 16.7. The number of allylic oxidation sites excluding steroid dienone is 1. The van der Waals surface area contributed by atoms with Crippen LogP contribution in [0.3, 0.4) is 0 Å². The van der Waals surface area contributed by atoms with Crippen LogP contribution in [0, 0.1) is 12.7 Å². The summed E-state index contributed by atoms with van der Waals surface area (Å²) in [5, 5.41) is 3.12. The monoisotopic (exact) mass is 400 g/mol. The number of aromatic nitrogens is 3. The number of pyridine rings is 1. The van der Waals surface area contributed by atoms with Gasteiger partial charge in [-0.15, -0.1) is 0 Å². The molecule has 0 atom stereocenters. The van der Waals surface area contributed by atoms with Gasteiger partial charge in [0.05, 0.1) is 16.9 Å². The number of halogens is 1. The summed E-state index contributed by atoms with van der Waals surface area (Å²) in [5.74, 6) is 0.182. The summed E-state index contributed by atoms with van der Waals surface area (Å²) in [5.41, 5.74) is 5.01. The molecular formula is C24H21FN4O. The van der Waals surface area contributed by atoms with Crippen LogP contribution < -0.4 is 5.32 Å². The fraction of sp³-hybridized carbons (Fsp3) is 0.250. The molecule has 150 valence electrons. The van der Waals surface area contributed by atoms with Gasteiger partial charge in [-0.05, 0) is 69.0 Å². The van der Waals surface area contributed by atoms with Gasteiger partial charge in [0.25, 0.3) is 5.91 Å². The van der Waals surface area contributed by atoms with E-state index < -0.39 is 5.54 Å². The molecular weight excluding hydrogens is 379 g/mol. The maximum atomic E-state index is 13.1. The van der Waals surface area contributed by atoms with Crippen molar-refractivity contribution in [2.45, 2.75) is 38.1 Å². The third-order valence-corrected chi connectivity index (χ3v) is 5.75. The molecule has 1 fully saturated rings. The van der Waals surface area contributed by atoms with Crippen LogP contribution in [0.2, 0.25) is 0 Å². The lowest BCUT2D eigenvalue weighted by molar-refractivity contribution is 0.0929. The molecule has 6 heteroatoms. The first-order valence-corrected chi connectivity index (χ1v) is 10.1. The van der Waals surface area contributed by atoms with Crippen molar-refractivity contribution in [3.63, 3.8) is 0 Å². The van der Waals surface area contributed by atoms with Crippen molar-refractivity contribution in [2.24, 2.45) is 0 Å². The van der Waals surface area contributed by atoms with Crippen LogP contribution in [-0.4, -0.2) is 20.9 Å². The van der Waals surface area contributed by atoms with E-state index in [4.69, 9.17) is 4.98 Å². The van der Waals surface area contributed by atoms with Crippen LogP contribution in [-0.2, 0) is 12.0 Å². The average molecular weight is 400 g/mol. The van der Waals surface area contributed by atoms with Gasteiger partial charge in [-0.3, -0.25) is 9.78 Å². The highest BCUT2D eigenvalue weighted by Gasteiger charge is 2.47. The van der Waals surface area contributed by atoms with Crippen LogP contribution >= 0.6 is 0 Å². The third-order valence-electron chi connectivity index (χ3n) is 5.75. The molecule has 0 aliphatic heterocycles. The number of benzene rings is 1. The number of carbonyl (C=O) groups excluding carboxylic acids is 1. The van der Waals surface area contributed by atoms with Crippen molar-refractivity contribution >= 4 is 11.5 Å². The molecule has 30 heavy (non-hydrogen) atoms. The summed E-state index contributed by atoms with van der Waals surface area (Å²) in [6.07, 6.45) is 7.43. The predicted octanol–water partition coefficient (Wildman–Crippen LogP) is 4.12. The fourth-order valence-corrected chi connectivity index (χ4v) is 3.98. The van der Waals surface area contributed by atoms with Crippen molar-refractivity contribution in [3.05, 3.63) is 94.6 Å². The number of nitrogens with zero attached hydrogens (tertiary/aromatic N) is 3. The summed E-state index contributed by atoms with van der Waals surface area (Å²) in [6, 6.07) is 11.6. The Morgan fingerprint density at radius 2 is 1.87 bits per heavy atom. The Bertz CT molecular complexity index is 1170. The second kappa shape index (κ2) is 7.13. The van der Waals surface area contributed by atoms with Gasteiger partial charge in [0, 0.05) is 28.6 Å². The van der Waals surface area contributed by atoms with Crippen LogP contribution in [0.15, 0.2) is 54.7 Å². The zero-order valence-corrected chi connectivity index (χ0v) is 16.7. The van der Waals surface area contributed by atoms with E-state index in [2.05, 4.69) is 27.4 Å². The number of rotatable bonds is 4. The molecule has 1 N–H and O–H groups in total. The largest absolute Gasteiger partial charge is 0.341 e. The molecule has 3 aromatic rings. The van der Waals surface area contributed by atoms with Crippen molar-refractivity contribution in [2.75, 3.05) is 0 Å². The number of fused-ring (bicyclic) bond motifs is 1. The Morgan fingerprint density at radius 1 is 1.07 bits per heavy atom. The molecule has 2 aliphatic rings. The second-order valence-corrected chi connectivity index (χ2v) is 7.88. The molecule has 5 rings (SSSR count). The first-order valence-electron chi connectivity index (χ1n) is 10.1. The standard InChI is InChI=1S/C24H21FN4O/c1-15-26-14-11-21(27-15)18-3-2-4-20-19(18)9-10-22(28-20)24(12-13-24)29-23(30)16-5-7-17(25)8-6-16/h3,5-11,14H,2,4,12-13H2,1H3,(H,29,30). The van der Waals surface area contributed by atoms with E-state index in [1.165, 1.54) is 24.3 Å². The van der Waals surface area contributed by atoms with Crippen LogP contribution in [0.4, 0.5) is 4.39 Å². The lowest BCUT2D eigenvalue weighted by Crippen LogP contribution is -2.35. The van der Waals surface area contributed by atoms with Crippen molar-refractivity contribution < 1.29 is 9.18 Å². The number of amides is 1. The highest BCUT2D eigenvalue weighted by Crippen LogP contribution is 2.45. The van der Waals surface area contributed by atoms with E-state index in [-0.39, 0.29) is 11.7 Å². The minimum absolute atomic E-state index is 0.205. The molecule has 2 aromatic heterocycles. The van der Waals surface area contributed by atoms with Crippen LogP contribution in [0.25, 0.3) is 5.57 Å². The second-order valence-electron chi connectivity index (χ2n) is 7.88. The first-order chi connectivity index (χ1) is 14.5. The van der Waals surface area contributed by atoms with E-state index in [0.29, 0.717) is 5.56 Å². The summed E-state index contributed by atoms with van der Waals surface area (Å²) >= 11 is 0. The molecule has 2 aliphatic carbocycles. The number of aryl methyl sites for hydroxylation is 2. The molecule has 0 unspecified atom stereocenters. The van der Waals surface area contributed by atoms with Gasteiger partial charge in [-0.2, -0.15) is 0 Å². The Morgan fingerprint density at radius 3 is 2.60 bits per heavy atom. The summed E-state index contributed by atoms with van der Waals surface area (Å²) in [6.45, 7) is 1.88. The summed E-state index contributed by atoms with van der Waals surface area (Å²) in [4.78, 5) is 26.4. The maximum absolute atomic E-state index is 13.1. The minimum Gasteiger partial charge on any atom is -0.341 e. The Balaban J connectivity index is 1.42. The molecule has 0 radical (unpaired) electrons. The molecule has 0 bridgehead atoms. The van der Waals surface area contributed by atoms with Crippen molar-refractivity contribution in [1.82, 2.24) is 20.3 Å². The van der Waals surface area contributed by atoms with Gasteiger partial charge in [-0.1, -0.05) is 12.1 Å². The topological polar surface area (TPSA) is 67.8 Å². The smallest absolute Gasteiger partial charge is 0.252 e. The van der Waals surface area contributed by atoms with E-state index in [1.54, 1.807) is 6.20 Å². The molecule has 2 heterocycles. The van der Waals surface area contributed by atoms with Gasteiger partial charge >= 0.3 is 0 Å². The SMILES string of the molecule is Cc1nccc(C2=CCCc3nc(C4(NC(=O)c5ccc(F)cc5)CC4)ccc32)n1. The predicted molar refractivity (Wildman–Crippen MR) is 111 cm³/mol. The van der Waals surface area contributed by atoms with Gasteiger partial charge in [-0.25, -0.2) is 14.4 Å². The third kappa shape index (κ3) is 3.38. The Kier molecular flexibility index (Phi) is 4.42. The van der Waals surface area contributed by atoms with Crippen LogP contribution in [0.5, 0.6) is 0 Å². The molecule has 0 spiro atoms. The quantitative estimate of drug-likeness (QED) is 0.716. The molecule has 5 nitrogen and oxygen atoms in total. The highest BCUT2D eigenvalue weighted by atomic mass is 19.1. The Hall–Kier alpha value is -3.41. The molecule has 0 saturated heterocycles. The number of nitrogens with one attached hydrogen (secondary N) is 1. The minimum atomic E-state index is -0.437. The fourth-order valence-electron chi connectivity index (χ4n) is 3.98. The maximum Gasteiger partial charge on any atom is 0.252 e. The highest BCUT2D eigenvalue weighted by molar-refractivity contribution is 5.95. The first kappa shape index (κ1) is 18.6. The molecule has 1 saturated carbocycles. The van der Waals surface area contributed by atoms with E-state index in [1.807, 2.05) is 19.1 Å². The van der Waals surface area contributed by atoms with Gasteiger partial charge < -0.3 is 5.32 Å². The molecule has 1 aromatic carbocycles. The lowest BCUT2D eigenvalue weighted by atomic mass is 9.91. The van der Waals surface area contributed by atoms with Gasteiger partial charge in [0.2, 0.25) is 0 Å². The van der Waals surface area contributed by atoms with Crippen LogP contribution in [0.1, 0.15) is 58.1 Å². The normalized spacial score (nSPS) is 16.4. The summed E-state index contributed by atoms with van der Waals surface area (Å²) in [7, 11) is 0. The van der Waals surface area contributed by atoms with E-state index in [0.717, 1.165) is 59.7 Å². The van der Waals surface area contributed by atoms with Gasteiger partial charge in [0.15, 0.2) is 0 Å². The average Bonchev–Trinajstić information content (AvgIpc) is 3.54. The number of hydrogen-bond acceptors (Lipinski definition) is 4. The zero-order chi connectivity index (χ0) is 20.7. The Labute approximate surface area is 174 Å². The lowest BCUT2D eigenvalue weighted by Gasteiger charge is -2.22. The van der Waals surface area contributed by atoms with Crippen molar-refractivity contribution in [1.29, 1.82) is 0 Å². The van der Waals surface area contributed by atoms with Gasteiger partial charge in [0.1, 0.15) is 11.6 Å². The van der Waals surface area contributed by atoms with E-state index in [9.17, 15) is 9.18 Å². The number of carbonyl (C=O) groups is 1.